The summed E-state index contributed by atoms with van der Waals surface area (Å²) < 4.78 is 11.9. The third-order valence-corrected chi connectivity index (χ3v) is 5.31. The lowest BCUT2D eigenvalue weighted by molar-refractivity contribution is 0.104. The number of ether oxygens (including phenoxy) is 2. The number of fused-ring (bicyclic) bond motifs is 1. The molecule has 0 aliphatic heterocycles. The van der Waals surface area contributed by atoms with Crippen LogP contribution in [0.4, 0.5) is 0 Å². The number of Topliss-reactive ketones (excluding diaryl/α,β-unsaturated/α-hetero) is 1. The van der Waals surface area contributed by atoms with Crippen molar-refractivity contribution in [1.29, 1.82) is 0 Å². The molecule has 0 aromatic heterocycles. The van der Waals surface area contributed by atoms with Gasteiger partial charge in [-0.15, -0.1) is 0 Å². The second-order valence-corrected chi connectivity index (χ2v) is 6.99. The summed E-state index contributed by atoms with van der Waals surface area (Å²) in [5.41, 5.74) is 4.33. The van der Waals surface area contributed by atoms with Gasteiger partial charge in [0.05, 0.1) is 11.6 Å². The third kappa shape index (κ3) is 3.28. The van der Waals surface area contributed by atoms with Gasteiger partial charge in [-0.05, 0) is 51.3 Å². The van der Waals surface area contributed by atoms with Crippen molar-refractivity contribution >= 4 is 27.3 Å². The molecule has 4 heteroatoms. The smallest absolute Gasteiger partial charge is 0.201 e. The Labute approximate surface area is 166 Å². The number of carbonyl (C=O) groups excluding carboxylic acids is 1. The fourth-order valence-electron chi connectivity index (χ4n) is 3.22. The molecule has 4 rings (SSSR count). The normalized spacial score (nSPS) is 12.9. The SMILES string of the molecule is COc1ccccc1C1=C(Br)C(=O)c2cc(OCc3ccccc3)ccc21. The summed E-state index contributed by atoms with van der Waals surface area (Å²) in [6, 6.07) is 23.3. The molecule has 1 aliphatic carbocycles. The highest BCUT2D eigenvalue weighted by atomic mass is 79.9. The average Bonchev–Trinajstić information content (AvgIpc) is 2.97. The topological polar surface area (TPSA) is 35.5 Å². The summed E-state index contributed by atoms with van der Waals surface area (Å²) in [5, 5.41) is 0. The van der Waals surface area contributed by atoms with E-state index in [1.165, 1.54) is 0 Å². The number of halogens is 1. The minimum absolute atomic E-state index is 0.0453. The van der Waals surface area contributed by atoms with Crippen molar-refractivity contribution in [2.24, 2.45) is 0 Å². The van der Waals surface area contributed by atoms with Crippen LogP contribution in [0, 0.1) is 0 Å². The Balaban J connectivity index is 1.67. The molecule has 0 unspecified atom stereocenters. The molecular formula is C23H17BrO3. The molecule has 3 nitrogen and oxygen atoms in total. The van der Waals surface area contributed by atoms with E-state index in [0.717, 1.165) is 28.0 Å². The van der Waals surface area contributed by atoms with Crippen LogP contribution in [0.3, 0.4) is 0 Å². The summed E-state index contributed by atoms with van der Waals surface area (Å²) in [5.74, 6) is 1.36. The average molecular weight is 421 g/mol. The minimum atomic E-state index is -0.0453. The van der Waals surface area contributed by atoms with Crippen LogP contribution in [0.1, 0.15) is 27.0 Å². The summed E-state index contributed by atoms with van der Waals surface area (Å²) in [7, 11) is 1.63. The van der Waals surface area contributed by atoms with Gasteiger partial charge in [-0.1, -0.05) is 48.5 Å². The first-order chi connectivity index (χ1) is 13.2. The molecule has 0 saturated heterocycles. The first-order valence-corrected chi connectivity index (χ1v) is 9.37. The number of ketones is 1. The maximum absolute atomic E-state index is 12.8. The van der Waals surface area contributed by atoms with E-state index in [1.807, 2.05) is 72.8 Å². The number of para-hydroxylation sites is 1. The van der Waals surface area contributed by atoms with E-state index in [2.05, 4.69) is 15.9 Å². The predicted molar refractivity (Wildman–Crippen MR) is 109 cm³/mol. The Kier molecular flexibility index (Phi) is 4.82. The second kappa shape index (κ2) is 7.41. The number of hydrogen-bond donors (Lipinski definition) is 0. The molecular weight excluding hydrogens is 404 g/mol. The standard InChI is InChI=1S/C23H17BrO3/c1-26-20-10-6-5-9-18(20)21-17-12-11-16(13-19(17)23(25)22(21)24)27-14-15-7-3-2-4-8-15/h2-13H,14H2,1H3. The van der Waals surface area contributed by atoms with Crippen LogP contribution in [0.5, 0.6) is 11.5 Å². The van der Waals surface area contributed by atoms with Gasteiger partial charge in [0, 0.05) is 16.7 Å². The number of benzene rings is 3. The molecule has 0 N–H and O–H groups in total. The van der Waals surface area contributed by atoms with E-state index in [1.54, 1.807) is 7.11 Å². The Morgan fingerprint density at radius 1 is 0.852 bits per heavy atom. The molecule has 1 aliphatic rings. The van der Waals surface area contributed by atoms with Crippen LogP contribution < -0.4 is 9.47 Å². The van der Waals surface area contributed by atoms with Crippen LogP contribution in [-0.4, -0.2) is 12.9 Å². The van der Waals surface area contributed by atoms with Crippen LogP contribution in [0.15, 0.2) is 77.3 Å². The van der Waals surface area contributed by atoms with Crippen molar-refractivity contribution < 1.29 is 14.3 Å². The van der Waals surface area contributed by atoms with Gasteiger partial charge in [0.1, 0.15) is 18.1 Å². The van der Waals surface area contributed by atoms with Crippen LogP contribution >= 0.6 is 15.9 Å². The predicted octanol–water partition coefficient (Wildman–Crippen LogP) is 5.62. The molecule has 3 aromatic carbocycles. The maximum atomic E-state index is 12.8. The van der Waals surface area contributed by atoms with Gasteiger partial charge in [-0.25, -0.2) is 0 Å². The van der Waals surface area contributed by atoms with Gasteiger partial charge in [0.15, 0.2) is 0 Å². The zero-order valence-corrected chi connectivity index (χ0v) is 16.3. The van der Waals surface area contributed by atoms with Crippen LogP contribution in [0.25, 0.3) is 5.57 Å². The molecule has 0 bridgehead atoms. The lowest BCUT2D eigenvalue weighted by Gasteiger charge is -2.12. The Hall–Kier alpha value is -2.85. The zero-order chi connectivity index (χ0) is 18.8. The summed E-state index contributed by atoms with van der Waals surface area (Å²) in [6.45, 7) is 0.460. The minimum Gasteiger partial charge on any atom is -0.496 e. The van der Waals surface area contributed by atoms with Crippen molar-refractivity contribution in [2.45, 2.75) is 6.61 Å². The molecule has 0 atom stereocenters. The van der Waals surface area contributed by atoms with Crippen molar-refractivity contribution in [3.63, 3.8) is 0 Å². The Bertz CT molecular complexity index is 1040. The first-order valence-electron chi connectivity index (χ1n) is 8.58. The van der Waals surface area contributed by atoms with E-state index in [-0.39, 0.29) is 5.78 Å². The maximum Gasteiger partial charge on any atom is 0.201 e. The molecule has 134 valence electrons. The monoisotopic (exact) mass is 420 g/mol. The number of rotatable bonds is 5. The van der Waals surface area contributed by atoms with Crippen LogP contribution in [0.2, 0.25) is 0 Å². The van der Waals surface area contributed by atoms with Gasteiger partial charge in [0.2, 0.25) is 5.78 Å². The van der Waals surface area contributed by atoms with E-state index in [9.17, 15) is 4.79 Å². The molecule has 3 aromatic rings. The highest BCUT2D eigenvalue weighted by Gasteiger charge is 2.30. The van der Waals surface area contributed by atoms with Crippen molar-refractivity contribution in [1.82, 2.24) is 0 Å². The van der Waals surface area contributed by atoms with Crippen molar-refractivity contribution in [3.8, 4) is 11.5 Å². The highest BCUT2D eigenvalue weighted by molar-refractivity contribution is 9.12. The van der Waals surface area contributed by atoms with E-state index < -0.39 is 0 Å². The number of methoxy groups -OCH3 is 1. The molecule has 0 amide bonds. The fourth-order valence-corrected chi connectivity index (χ4v) is 3.87. The number of hydrogen-bond acceptors (Lipinski definition) is 3. The third-order valence-electron chi connectivity index (χ3n) is 4.55. The molecule has 0 heterocycles. The van der Waals surface area contributed by atoms with E-state index in [4.69, 9.17) is 9.47 Å². The van der Waals surface area contributed by atoms with E-state index >= 15 is 0 Å². The quantitative estimate of drug-likeness (QED) is 0.536. The van der Waals surface area contributed by atoms with E-state index in [0.29, 0.717) is 22.4 Å². The second-order valence-electron chi connectivity index (χ2n) is 6.20. The summed E-state index contributed by atoms with van der Waals surface area (Å²) >= 11 is 3.48. The largest absolute Gasteiger partial charge is 0.496 e. The first kappa shape index (κ1) is 17.6. The fraction of sp³-hybridized carbons (Fsp3) is 0.0870. The molecule has 0 fully saturated rings. The van der Waals surface area contributed by atoms with Gasteiger partial charge in [0.25, 0.3) is 0 Å². The summed E-state index contributed by atoms with van der Waals surface area (Å²) in [6.07, 6.45) is 0. The van der Waals surface area contributed by atoms with Gasteiger partial charge < -0.3 is 9.47 Å². The molecule has 0 spiro atoms. The van der Waals surface area contributed by atoms with Gasteiger partial charge in [-0.2, -0.15) is 0 Å². The highest BCUT2D eigenvalue weighted by Crippen LogP contribution is 2.44. The van der Waals surface area contributed by atoms with Crippen LogP contribution in [-0.2, 0) is 6.61 Å². The van der Waals surface area contributed by atoms with Gasteiger partial charge >= 0.3 is 0 Å². The van der Waals surface area contributed by atoms with Gasteiger partial charge in [-0.3, -0.25) is 4.79 Å². The number of allylic oxidation sites excluding steroid dienone is 1. The Morgan fingerprint density at radius 3 is 2.37 bits per heavy atom. The molecule has 27 heavy (non-hydrogen) atoms. The summed E-state index contributed by atoms with van der Waals surface area (Å²) in [4.78, 5) is 12.8. The lowest BCUT2D eigenvalue weighted by atomic mass is 9.98. The zero-order valence-electron chi connectivity index (χ0n) is 14.7. The van der Waals surface area contributed by atoms with Crippen molar-refractivity contribution in [2.75, 3.05) is 7.11 Å². The number of carbonyl (C=O) groups is 1. The Morgan fingerprint density at radius 2 is 1.59 bits per heavy atom. The van der Waals surface area contributed by atoms with Crippen molar-refractivity contribution in [3.05, 3.63) is 99.5 Å². The molecule has 0 radical (unpaired) electrons. The lowest BCUT2D eigenvalue weighted by Crippen LogP contribution is -1.98. The molecule has 0 saturated carbocycles.